The Morgan fingerprint density at radius 1 is 1.00 bits per heavy atom. The number of carbonyl (C=O) groups is 1. The molecule has 0 fully saturated rings. The first kappa shape index (κ1) is 22.7. The highest BCUT2D eigenvalue weighted by molar-refractivity contribution is 5.83. The Bertz CT molecular complexity index is 770. The minimum atomic E-state index is -1.36. The average Bonchev–Trinajstić information content (AvgIpc) is 2.79. The molecule has 0 saturated carbocycles. The van der Waals surface area contributed by atoms with E-state index in [0.29, 0.717) is 12.5 Å². The van der Waals surface area contributed by atoms with E-state index in [1.165, 1.54) is 0 Å². The highest BCUT2D eigenvalue weighted by Crippen LogP contribution is 2.47. The lowest BCUT2D eigenvalue weighted by atomic mass is 9.59. The summed E-state index contributed by atoms with van der Waals surface area (Å²) in [7, 11) is 0. The zero-order valence-corrected chi connectivity index (χ0v) is 18.2. The molecule has 3 nitrogen and oxygen atoms in total. The molecule has 29 heavy (non-hydrogen) atoms. The van der Waals surface area contributed by atoms with E-state index < -0.39 is 16.8 Å². The minimum absolute atomic E-state index is 0.335. The molecule has 0 aliphatic carbocycles. The molecule has 2 rings (SSSR count). The fraction of sp³-hybridized carbons (Fsp3) is 0.462. The van der Waals surface area contributed by atoms with Gasteiger partial charge in [0.15, 0.2) is 5.41 Å². The number of carbonyl (C=O) groups excluding carboxylic acids is 1. The Morgan fingerprint density at radius 2 is 1.52 bits per heavy atom. The molecule has 0 bridgehead atoms. The maximum atomic E-state index is 13.3. The van der Waals surface area contributed by atoms with E-state index >= 15 is 0 Å². The van der Waals surface area contributed by atoms with Gasteiger partial charge in [0.1, 0.15) is 0 Å². The predicted octanol–water partition coefficient (Wildman–Crippen LogP) is 6.28. The van der Waals surface area contributed by atoms with Crippen molar-refractivity contribution in [1.82, 2.24) is 0 Å². The molecule has 3 heteroatoms. The Kier molecular flexibility index (Phi) is 8.02. The first-order valence-electron chi connectivity index (χ1n) is 10.6. The Balaban J connectivity index is 2.42. The summed E-state index contributed by atoms with van der Waals surface area (Å²) in [6.45, 7) is 8.33. The van der Waals surface area contributed by atoms with Crippen molar-refractivity contribution < 1.29 is 9.53 Å². The van der Waals surface area contributed by atoms with E-state index in [1.54, 1.807) is 6.92 Å². The van der Waals surface area contributed by atoms with Crippen LogP contribution < -0.4 is 0 Å². The van der Waals surface area contributed by atoms with Gasteiger partial charge < -0.3 is 4.74 Å². The summed E-state index contributed by atoms with van der Waals surface area (Å²) in [5, 5.41) is 10.2. The average molecular weight is 392 g/mol. The zero-order chi connectivity index (χ0) is 21.3. The standard InChI is InChI=1S/C26H33NO2/c1-5-7-14-21(6-2)19-29-24(28)25(3,20-27)26(4,22-15-10-8-11-16-22)23-17-12-9-13-18-23/h8-13,15-18,21H,5-7,14,19H2,1-4H3. The summed E-state index contributed by atoms with van der Waals surface area (Å²) in [6.07, 6.45) is 4.25. The second-order valence-electron chi connectivity index (χ2n) is 8.11. The molecular weight excluding hydrogens is 358 g/mol. The van der Waals surface area contributed by atoms with Gasteiger partial charge in [-0.1, -0.05) is 93.8 Å². The molecule has 0 aliphatic heterocycles. The lowest BCUT2D eigenvalue weighted by Gasteiger charge is -2.41. The number of hydrogen-bond donors (Lipinski definition) is 0. The maximum absolute atomic E-state index is 13.3. The molecule has 0 heterocycles. The summed E-state index contributed by atoms with van der Waals surface area (Å²) < 4.78 is 5.78. The lowest BCUT2D eigenvalue weighted by molar-refractivity contribution is -0.156. The number of nitrogens with zero attached hydrogens (tertiary/aromatic N) is 1. The smallest absolute Gasteiger partial charge is 0.327 e. The normalized spacial score (nSPS) is 14.4. The third kappa shape index (κ3) is 4.70. The topological polar surface area (TPSA) is 50.1 Å². The van der Waals surface area contributed by atoms with Crippen LogP contribution in [0.5, 0.6) is 0 Å². The maximum Gasteiger partial charge on any atom is 0.327 e. The molecular formula is C26H33NO2. The molecule has 2 unspecified atom stereocenters. The number of hydrogen-bond acceptors (Lipinski definition) is 3. The van der Waals surface area contributed by atoms with E-state index in [1.807, 2.05) is 67.6 Å². The molecule has 0 amide bonds. The second-order valence-corrected chi connectivity index (χ2v) is 8.11. The fourth-order valence-corrected chi connectivity index (χ4v) is 3.88. The molecule has 0 aromatic heterocycles. The van der Waals surface area contributed by atoms with Crippen LogP contribution >= 0.6 is 0 Å². The van der Waals surface area contributed by atoms with Crippen LogP contribution in [0.15, 0.2) is 60.7 Å². The van der Waals surface area contributed by atoms with Gasteiger partial charge in [0.25, 0.3) is 0 Å². The molecule has 2 aromatic rings. The van der Waals surface area contributed by atoms with E-state index in [2.05, 4.69) is 19.9 Å². The number of ether oxygens (including phenoxy) is 1. The first-order chi connectivity index (χ1) is 13.9. The number of benzene rings is 2. The molecule has 0 radical (unpaired) electrons. The van der Waals surface area contributed by atoms with Gasteiger partial charge in [-0.2, -0.15) is 5.26 Å². The van der Waals surface area contributed by atoms with E-state index in [4.69, 9.17) is 4.74 Å². The third-order valence-corrected chi connectivity index (χ3v) is 6.33. The largest absolute Gasteiger partial charge is 0.464 e. The minimum Gasteiger partial charge on any atom is -0.464 e. The van der Waals surface area contributed by atoms with Gasteiger partial charge in [-0.3, -0.25) is 4.79 Å². The summed E-state index contributed by atoms with van der Waals surface area (Å²) in [5.41, 5.74) is -0.360. The van der Waals surface area contributed by atoms with Crippen molar-refractivity contribution >= 4 is 5.97 Å². The summed E-state index contributed by atoms with van der Waals surface area (Å²) in [6, 6.07) is 21.9. The van der Waals surface area contributed by atoms with Gasteiger partial charge >= 0.3 is 5.97 Å². The number of rotatable bonds is 10. The van der Waals surface area contributed by atoms with Crippen molar-refractivity contribution in [1.29, 1.82) is 5.26 Å². The molecule has 2 aromatic carbocycles. The van der Waals surface area contributed by atoms with Crippen molar-refractivity contribution in [2.24, 2.45) is 11.3 Å². The van der Waals surface area contributed by atoms with E-state index in [9.17, 15) is 10.1 Å². The van der Waals surface area contributed by atoms with Gasteiger partial charge in [-0.25, -0.2) is 0 Å². The van der Waals surface area contributed by atoms with Crippen molar-refractivity contribution in [3.63, 3.8) is 0 Å². The second kappa shape index (κ2) is 10.3. The van der Waals surface area contributed by atoms with E-state index in [0.717, 1.165) is 36.8 Å². The van der Waals surface area contributed by atoms with Crippen molar-refractivity contribution in [3.8, 4) is 6.07 Å². The van der Waals surface area contributed by atoms with Crippen LogP contribution in [0, 0.1) is 22.7 Å². The van der Waals surface area contributed by atoms with Crippen LogP contribution in [-0.4, -0.2) is 12.6 Å². The highest BCUT2D eigenvalue weighted by Gasteiger charge is 2.54. The van der Waals surface area contributed by atoms with Crippen LogP contribution in [0.3, 0.4) is 0 Å². The summed E-state index contributed by atoms with van der Waals surface area (Å²) in [5.74, 6) is -0.119. The summed E-state index contributed by atoms with van der Waals surface area (Å²) >= 11 is 0. The SMILES string of the molecule is CCCCC(CC)COC(=O)C(C)(C#N)C(C)(c1ccccc1)c1ccccc1. The number of nitriles is 1. The molecule has 0 saturated heterocycles. The van der Waals surface area contributed by atoms with Crippen LogP contribution in [0.1, 0.15) is 64.5 Å². The number of esters is 1. The van der Waals surface area contributed by atoms with Gasteiger partial charge in [-0.15, -0.1) is 0 Å². The molecule has 0 N–H and O–H groups in total. The first-order valence-corrected chi connectivity index (χ1v) is 10.6. The predicted molar refractivity (Wildman–Crippen MR) is 117 cm³/mol. The highest BCUT2D eigenvalue weighted by atomic mass is 16.5. The lowest BCUT2D eigenvalue weighted by Crippen LogP contribution is -2.48. The molecule has 154 valence electrons. The van der Waals surface area contributed by atoms with Gasteiger partial charge in [-0.05, 0) is 37.3 Å². The van der Waals surface area contributed by atoms with Gasteiger partial charge in [0, 0.05) is 5.41 Å². The van der Waals surface area contributed by atoms with Gasteiger partial charge in [0.2, 0.25) is 0 Å². The van der Waals surface area contributed by atoms with Crippen LogP contribution in [0.4, 0.5) is 0 Å². The monoisotopic (exact) mass is 391 g/mol. The molecule has 0 spiro atoms. The van der Waals surface area contributed by atoms with Crippen molar-refractivity contribution in [3.05, 3.63) is 71.8 Å². The Morgan fingerprint density at radius 3 is 1.93 bits per heavy atom. The zero-order valence-electron chi connectivity index (χ0n) is 18.2. The third-order valence-electron chi connectivity index (χ3n) is 6.33. The molecule has 2 atom stereocenters. The Hall–Kier alpha value is -2.60. The van der Waals surface area contributed by atoms with E-state index in [-0.39, 0.29) is 0 Å². The summed E-state index contributed by atoms with van der Waals surface area (Å²) in [4.78, 5) is 13.3. The Labute approximate surface area is 175 Å². The fourth-order valence-electron chi connectivity index (χ4n) is 3.88. The number of unbranched alkanes of at least 4 members (excludes halogenated alkanes) is 1. The van der Waals surface area contributed by atoms with Crippen LogP contribution in [0.2, 0.25) is 0 Å². The van der Waals surface area contributed by atoms with Crippen molar-refractivity contribution in [2.45, 2.75) is 58.8 Å². The van der Waals surface area contributed by atoms with Crippen LogP contribution in [0.25, 0.3) is 0 Å². The van der Waals surface area contributed by atoms with Crippen molar-refractivity contribution in [2.75, 3.05) is 6.61 Å². The van der Waals surface area contributed by atoms with Gasteiger partial charge in [0.05, 0.1) is 12.7 Å². The molecule has 0 aliphatic rings. The quantitative estimate of drug-likeness (QED) is 0.448. The van der Waals surface area contributed by atoms with Crippen LogP contribution in [-0.2, 0) is 14.9 Å².